The molecule has 0 saturated heterocycles. The van der Waals surface area contributed by atoms with E-state index in [0.717, 1.165) is 37.2 Å². The van der Waals surface area contributed by atoms with E-state index in [4.69, 9.17) is 33.3 Å². The highest BCUT2D eigenvalue weighted by atomic mass is 35.5. The van der Waals surface area contributed by atoms with E-state index in [0.29, 0.717) is 21.4 Å². The van der Waals surface area contributed by atoms with Crippen LogP contribution in [0.3, 0.4) is 0 Å². The Morgan fingerprint density at radius 3 is 2.37 bits per heavy atom. The van der Waals surface area contributed by atoms with E-state index in [2.05, 4.69) is 13.8 Å². The maximum atomic E-state index is 10.6. The molecule has 0 spiro atoms. The number of benzene rings is 2. The number of aliphatic hydroxyl groups excluding tert-OH is 1. The molecule has 0 fully saturated rings. The lowest BCUT2D eigenvalue weighted by Gasteiger charge is -2.16. The van der Waals surface area contributed by atoms with E-state index in [1.54, 1.807) is 18.2 Å². The summed E-state index contributed by atoms with van der Waals surface area (Å²) in [6, 6.07) is 12.9. The summed E-state index contributed by atoms with van der Waals surface area (Å²) in [5, 5.41) is 20.2. The standard InChI is InChI=1S/C22H28Cl2N4O2/c1-3-26(4-2)11-12-27-19-7-5-6-8-20(19)28(22(27)25)14-17(29)15-30-21-10-9-16(23)13-18(21)24/h5-10,13,17,25,29H,3-4,11-12,14-15H2,1-2H3/p+1. The number of ether oxygens (including phenoxy) is 1. The molecule has 0 aliphatic heterocycles. The van der Waals surface area contributed by atoms with Crippen molar-refractivity contribution in [1.29, 1.82) is 5.41 Å². The monoisotopic (exact) mass is 451 g/mol. The normalized spacial score (nSPS) is 12.6. The zero-order chi connectivity index (χ0) is 21.7. The number of aromatic nitrogens is 2. The molecular formula is C22H29Cl2N4O2+. The predicted octanol–water partition coefficient (Wildman–Crippen LogP) is 2.59. The third kappa shape index (κ3) is 5.19. The number of nitrogens with one attached hydrogen (secondary N) is 2. The van der Waals surface area contributed by atoms with Gasteiger partial charge in [-0.2, -0.15) is 0 Å². The van der Waals surface area contributed by atoms with Crippen LogP contribution in [-0.4, -0.2) is 46.6 Å². The Labute approximate surface area is 186 Å². The highest BCUT2D eigenvalue weighted by Crippen LogP contribution is 2.27. The molecular weight excluding hydrogens is 423 g/mol. The van der Waals surface area contributed by atoms with E-state index in [-0.39, 0.29) is 13.2 Å². The van der Waals surface area contributed by atoms with Crippen LogP contribution in [0, 0.1) is 5.41 Å². The first kappa shape index (κ1) is 22.7. The van der Waals surface area contributed by atoms with Gasteiger partial charge in [-0.1, -0.05) is 35.3 Å². The fourth-order valence-electron chi connectivity index (χ4n) is 3.62. The van der Waals surface area contributed by atoms with Gasteiger partial charge in [0.25, 0.3) is 0 Å². The van der Waals surface area contributed by atoms with Crippen LogP contribution in [0.15, 0.2) is 42.5 Å². The topological polar surface area (TPSA) is 67.6 Å². The van der Waals surface area contributed by atoms with E-state index in [9.17, 15) is 5.11 Å². The van der Waals surface area contributed by atoms with Gasteiger partial charge < -0.3 is 23.9 Å². The van der Waals surface area contributed by atoms with Crippen molar-refractivity contribution in [3.05, 3.63) is 58.1 Å². The number of para-hydroxylation sites is 2. The molecule has 2 aromatic carbocycles. The number of quaternary nitrogens is 1. The van der Waals surface area contributed by atoms with E-state index in [1.807, 2.05) is 33.4 Å². The van der Waals surface area contributed by atoms with Crippen molar-refractivity contribution >= 4 is 34.2 Å². The van der Waals surface area contributed by atoms with Crippen LogP contribution in [0.2, 0.25) is 10.0 Å². The molecule has 162 valence electrons. The number of fused-ring (bicyclic) bond motifs is 1. The molecule has 1 atom stereocenters. The molecule has 8 heteroatoms. The lowest BCUT2D eigenvalue weighted by molar-refractivity contribution is -0.897. The van der Waals surface area contributed by atoms with Gasteiger partial charge in [0.1, 0.15) is 18.5 Å². The maximum Gasteiger partial charge on any atom is 0.203 e. The molecule has 1 heterocycles. The average molecular weight is 452 g/mol. The number of likely N-dealkylation sites (N-methyl/N-ethyl adjacent to an activating group) is 1. The van der Waals surface area contributed by atoms with Crippen molar-refractivity contribution in [1.82, 2.24) is 9.13 Å². The van der Waals surface area contributed by atoms with Gasteiger partial charge in [-0.3, -0.25) is 5.41 Å². The number of imidazole rings is 1. The second-order valence-electron chi connectivity index (χ2n) is 7.32. The quantitative estimate of drug-likeness (QED) is 0.443. The average Bonchev–Trinajstić information content (AvgIpc) is 2.99. The van der Waals surface area contributed by atoms with Crippen molar-refractivity contribution < 1.29 is 14.7 Å². The van der Waals surface area contributed by atoms with Crippen LogP contribution in [0.5, 0.6) is 5.75 Å². The van der Waals surface area contributed by atoms with Crippen molar-refractivity contribution in [2.24, 2.45) is 0 Å². The molecule has 1 aromatic heterocycles. The van der Waals surface area contributed by atoms with Gasteiger partial charge in [-0.15, -0.1) is 0 Å². The molecule has 30 heavy (non-hydrogen) atoms. The molecule has 0 amide bonds. The molecule has 3 aromatic rings. The maximum absolute atomic E-state index is 10.6. The van der Waals surface area contributed by atoms with Crippen LogP contribution in [0.1, 0.15) is 13.8 Å². The number of hydrogen-bond donors (Lipinski definition) is 3. The molecule has 1 unspecified atom stereocenters. The minimum atomic E-state index is -0.793. The van der Waals surface area contributed by atoms with Crippen LogP contribution in [0.4, 0.5) is 0 Å². The Balaban J connectivity index is 1.76. The van der Waals surface area contributed by atoms with Crippen LogP contribution in [0.25, 0.3) is 11.0 Å². The summed E-state index contributed by atoms with van der Waals surface area (Å²) in [5.74, 6) is 0.473. The lowest BCUT2D eigenvalue weighted by atomic mass is 10.3. The largest absolute Gasteiger partial charge is 0.489 e. The third-order valence-corrected chi connectivity index (χ3v) is 5.91. The first-order valence-corrected chi connectivity index (χ1v) is 11.0. The first-order valence-electron chi connectivity index (χ1n) is 10.3. The van der Waals surface area contributed by atoms with Crippen molar-refractivity contribution in [2.45, 2.75) is 33.0 Å². The SMILES string of the molecule is CC[NH+](CC)CCn1c(=N)n(CC(O)COc2ccc(Cl)cc2Cl)c2ccccc21. The van der Waals surface area contributed by atoms with Gasteiger partial charge in [0.05, 0.1) is 48.8 Å². The predicted molar refractivity (Wildman–Crippen MR) is 121 cm³/mol. The molecule has 3 N–H and O–H groups in total. The van der Waals surface area contributed by atoms with Gasteiger partial charge in [0.15, 0.2) is 0 Å². The molecule has 0 aliphatic carbocycles. The summed E-state index contributed by atoms with van der Waals surface area (Å²) < 4.78 is 9.52. The Morgan fingerprint density at radius 2 is 1.73 bits per heavy atom. The summed E-state index contributed by atoms with van der Waals surface area (Å²) in [4.78, 5) is 1.49. The Kier molecular flexibility index (Phi) is 7.83. The number of rotatable bonds is 10. The molecule has 0 aliphatic rings. The highest BCUT2D eigenvalue weighted by Gasteiger charge is 2.16. The summed E-state index contributed by atoms with van der Waals surface area (Å²) >= 11 is 12.0. The zero-order valence-electron chi connectivity index (χ0n) is 17.4. The van der Waals surface area contributed by atoms with Gasteiger partial charge in [-0.25, -0.2) is 0 Å². The molecule has 6 nitrogen and oxygen atoms in total. The third-order valence-electron chi connectivity index (χ3n) is 5.38. The first-order chi connectivity index (χ1) is 14.4. The van der Waals surface area contributed by atoms with Crippen LogP contribution in [-0.2, 0) is 13.1 Å². The Morgan fingerprint density at radius 1 is 1.07 bits per heavy atom. The number of nitrogens with zero attached hydrogens (tertiary/aromatic N) is 2. The van der Waals surface area contributed by atoms with Crippen molar-refractivity contribution in [3.8, 4) is 5.75 Å². The number of aliphatic hydroxyl groups is 1. The van der Waals surface area contributed by atoms with E-state index >= 15 is 0 Å². The summed E-state index contributed by atoms with van der Waals surface area (Å²) in [6.07, 6.45) is -0.793. The van der Waals surface area contributed by atoms with Crippen molar-refractivity contribution in [2.75, 3.05) is 26.2 Å². The molecule has 0 saturated carbocycles. The van der Waals surface area contributed by atoms with Gasteiger partial charge >= 0.3 is 0 Å². The van der Waals surface area contributed by atoms with Gasteiger partial charge in [-0.05, 0) is 44.2 Å². The smallest absolute Gasteiger partial charge is 0.203 e. The Bertz CT molecular complexity index is 1040. The molecule has 3 rings (SSSR count). The zero-order valence-corrected chi connectivity index (χ0v) is 18.9. The number of halogens is 2. The lowest BCUT2D eigenvalue weighted by Crippen LogP contribution is -3.11. The minimum absolute atomic E-state index is 0.0664. The second-order valence-corrected chi connectivity index (χ2v) is 8.16. The van der Waals surface area contributed by atoms with Crippen LogP contribution >= 0.6 is 23.2 Å². The van der Waals surface area contributed by atoms with Gasteiger partial charge in [0, 0.05) is 5.02 Å². The van der Waals surface area contributed by atoms with Crippen LogP contribution < -0.4 is 15.3 Å². The summed E-state index contributed by atoms with van der Waals surface area (Å²) in [6.45, 7) is 8.52. The Hall–Kier alpha value is -1.99. The fourth-order valence-corrected chi connectivity index (χ4v) is 4.08. The minimum Gasteiger partial charge on any atom is -0.489 e. The molecule has 0 radical (unpaired) electrons. The van der Waals surface area contributed by atoms with Gasteiger partial charge in [0.2, 0.25) is 5.62 Å². The summed E-state index contributed by atoms with van der Waals surface area (Å²) in [7, 11) is 0. The fraction of sp³-hybridized carbons (Fsp3) is 0.409. The second kappa shape index (κ2) is 10.4. The van der Waals surface area contributed by atoms with E-state index in [1.165, 1.54) is 4.90 Å². The molecule has 0 bridgehead atoms. The highest BCUT2D eigenvalue weighted by molar-refractivity contribution is 6.35. The van der Waals surface area contributed by atoms with E-state index < -0.39 is 6.10 Å². The summed E-state index contributed by atoms with van der Waals surface area (Å²) in [5.41, 5.74) is 2.31. The van der Waals surface area contributed by atoms with Crippen molar-refractivity contribution in [3.63, 3.8) is 0 Å². The number of hydrogen-bond acceptors (Lipinski definition) is 3.